The van der Waals surface area contributed by atoms with Gasteiger partial charge in [0.1, 0.15) is 0 Å². The first-order valence-corrected chi connectivity index (χ1v) is 6.70. The van der Waals surface area contributed by atoms with Crippen molar-refractivity contribution in [3.63, 3.8) is 0 Å². The third-order valence-electron chi connectivity index (χ3n) is 2.96. The summed E-state index contributed by atoms with van der Waals surface area (Å²) in [6.45, 7) is 0. The van der Waals surface area contributed by atoms with Gasteiger partial charge in [0.2, 0.25) is 0 Å². The largest absolute Gasteiger partial charge is 0.166 e. The molecule has 2 aromatic carbocycles. The maximum Gasteiger partial charge on any atom is 0.0530 e. The molecule has 2 aromatic rings. The lowest BCUT2D eigenvalue weighted by Gasteiger charge is -2.06. The number of benzene rings is 2. The molecule has 0 amide bonds. The standard InChI is InChI=1S/C13H7Cl3S/c14-6-1-2-8-9(3-6)13(17)10-4-7(15)5-11(16)12(8)10/h1-5,13,17H/t13-/m1/s1. The Morgan fingerprint density at radius 3 is 2.35 bits per heavy atom. The summed E-state index contributed by atoms with van der Waals surface area (Å²) < 4.78 is 0. The van der Waals surface area contributed by atoms with Gasteiger partial charge in [0.15, 0.2) is 0 Å². The van der Waals surface area contributed by atoms with Gasteiger partial charge in [-0.25, -0.2) is 0 Å². The van der Waals surface area contributed by atoms with Crippen LogP contribution in [0.25, 0.3) is 11.1 Å². The second kappa shape index (κ2) is 4.10. The van der Waals surface area contributed by atoms with Gasteiger partial charge in [-0.05, 0) is 41.0 Å². The maximum absolute atomic E-state index is 6.26. The van der Waals surface area contributed by atoms with Crippen LogP contribution in [-0.4, -0.2) is 0 Å². The van der Waals surface area contributed by atoms with Crippen molar-refractivity contribution in [2.75, 3.05) is 0 Å². The Balaban J connectivity index is 2.35. The molecule has 0 radical (unpaired) electrons. The minimum absolute atomic E-state index is 0.0186. The Morgan fingerprint density at radius 2 is 1.59 bits per heavy atom. The first-order valence-electron chi connectivity index (χ1n) is 5.05. The van der Waals surface area contributed by atoms with E-state index in [0.717, 1.165) is 22.3 Å². The van der Waals surface area contributed by atoms with Crippen LogP contribution in [-0.2, 0) is 0 Å². The lowest BCUT2D eigenvalue weighted by Crippen LogP contribution is -1.86. The van der Waals surface area contributed by atoms with Crippen molar-refractivity contribution in [3.8, 4) is 11.1 Å². The summed E-state index contributed by atoms with van der Waals surface area (Å²) in [7, 11) is 0. The van der Waals surface area contributed by atoms with Gasteiger partial charge in [-0.15, -0.1) is 0 Å². The molecular weight excluding hydrogens is 295 g/mol. The smallest absolute Gasteiger partial charge is 0.0530 e. The van der Waals surface area contributed by atoms with E-state index in [1.54, 1.807) is 6.07 Å². The molecule has 1 atom stereocenters. The van der Waals surface area contributed by atoms with Crippen LogP contribution in [0.5, 0.6) is 0 Å². The second-order valence-electron chi connectivity index (χ2n) is 3.99. The van der Waals surface area contributed by atoms with Crippen molar-refractivity contribution in [1.82, 2.24) is 0 Å². The Kier molecular flexibility index (Phi) is 2.83. The van der Waals surface area contributed by atoms with Crippen LogP contribution in [0.3, 0.4) is 0 Å². The van der Waals surface area contributed by atoms with Gasteiger partial charge < -0.3 is 0 Å². The number of fused-ring (bicyclic) bond motifs is 3. The fraction of sp³-hybridized carbons (Fsp3) is 0.0769. The number of hydrogen-bond donors (Lipinski definition) is 1. The topological polar surface area (TPSA) is 0 Å². The molecule has 0 spiro atoms. The second-order valence-corrected chi connectivity index (χ2v) is 5.78. The van der Waals surface area contributed by atoms with Crippen LogP contribution < -0.4 is 0 Å². The summed E-state index contributed by atoms with van der Waals surface area (Å²) >= 11 is 22.9. The summed E-state index contributed by atoms with van der Waals surface area (Å²) in [4.78, 5) is 0. The molecule has 17 heavy (non-hydrogen) atoms. The average Bonchev–Trinajstić information content (AvgIpc) is 2.53. The molecular formula is C13H7Cl3S. The predicted octanol–water partition coefficient (Wildman–Crippen LogP) is 5.65. The highest BCUT2D eigenvalue weighted by Gasteiger charge is 2.28. The Morgan fingerprint density at radius 1 is 0.882 bits per heavy atom. The average molecular weight is 302 g/mol. The minimum Gasteiger partial charge on any atom is -0.166 e. The van der Waals surface area contributed by atoms with E-state index >= 15 is 0 Å². The van der Waals surface area contributed by atoms with E-state index in [2.05, 4.69) is 12.6 Å². The first-order chi connectivity index (χ1) is 8.08. The van der Waals surface area contributed by atoms with Crippen LogP contribution >= 0.6 is 47.4 Å². The maximum atomic E-state index is 6.26. The van der Waals surface area contributed by atoms with Crippen molar-refractivity contribution in [1.29, 1.82) is 0 Å². The molecule has 0 N–H and O–H groups in total. The van der Waals surface area contributed by atoms with Gasteiger partial charge >= 0.3 is 0 Å². The molecule has 4 heteroatoms. The van der Waals surface area contributed by atoms with Gasteiger partial charge in [0.05, 0.1) is 10.3 Å². The molecule has 0 nitrogen and oxygen atoms in total. The molecule has 0 aliphatic heterocycles. The Hall–Kier alpha value is -0.340. The van der Waals surface area contributed by atoms with E-state index in [0.29, 0.717) is 15.1 Å². The lowest BCUT2D eigenvalue weighted by molar-refractivity contribution is 1.23. The monoisotopic (exact) mass is 300 g/mol. The van der Waals surface area contributed by atoms with Crippen LogP contribution in [0.2, 0.25) is 15.1 Å². The molecule has 86 valence electrons. The third-order valence-corrected chi connectivity index (χ3v) is 4.27. The van der Waals surface area contributed by atoms with E-state index in [1.165, 1.54) is 0 Å². The van der Waals surface area contributed by atoms with Gasteiger partial charge in [-0.2, -0.15) is 12.6 Å². The van der Waals surface area contributed by atoms with E-state index in [1.807, 2.05) is 24.3 Å². The molecule has 0 aromatic heterocycles. The molecule has 0 fully saturated rings. The minimum atomic E-state index is -0.0186. The fourth-order valence-electron chi connectivity index (χ4n) is 2.25. The normalized spacial score (nSPS) is 16.8. The summed E-state index contributed by atoms with van der Waals surface area (Å²) in [6, 6.07) is 9.44. The van der Waals surface area contributed by atoms with E-state index in [-0.39, 0.29) is 5.25 Å². The number of halogens is 3. The molecule has 1 aliphatic carbocycles. The zero-order valence-corrected chi connectivity index (χ0v) is 11.7. The van der Waals surface area contributed by atoms with Crippen molar-refractivity contribution < 1.29 is 0 Å². The molecule has 0 saturated carbocycles. The Labute approximate surface area is 120 Å². The highest BCUT2D eigenvalue weighted by molar-refractivity contribution is 7.80. The number of rotatable bonds is 0. The zero-order valence-electron chi connectivity index (χ0n) is 8.55. The highest BCUT2D eigenvalue weighted by atomic mass is 35.5. The zero-order chi connectivity index (χ0) is 12.2. The van der Waals surface area contributed by atoms with Crippen molar-refractivity contribution in [3.05, 3.63) is 56.5 Å². The van der Waals surface area contributed by atoms with Crippen LogP contribution in [0.1, 0.15) is 16.4 Å². The molecule has 0 bridgehead atoms. The van der Waals surface area contributed by atoms with Gasteiger partial charge in [0.25, 0.3) is 0 Å². The van der Waals surface area contributed by atoms with Crippen LogP contribution in [0.4, 0.5) is 0 Å². The summed E-state index contributed by atoms with van der Waals surface area (Å²) in [6.07, 6.45) is 0. The molecule has 0 saturated heterocycles. The number of thiol groups is 1. The molecule has 0 unspecified atom stereocenters. The van der Waals surface area contributed by atoms with Gasteiger partial charge in [0, 0.05) is 15.6 Å². The van der Waals surface area contributed by atoms with E-state index in [4.69, 9.17) is 34.8 Å². The predicted molar refractivity (Wildman–Crippen MR) is 77.7 cm³/mol. The van der Waals surface area contributed by atoms with E-state index in [9.17, 15) is 0 Å². The summed E-state index contributed by atoms with van der Waals surface area (Å²) in [5.41, 5.74) is 4.23. The number of hydrogen-bond acceptors (Lipinski definition) is 1. The SMILES string of the molecule is S[C@@H]1c2cc(Cl)ccc2-c2c(Cl)cc(Cl)cc21. The summed E-state index contributed by atoms with van der Waals surface area (Å²) in [5.74, 6) is 0. The van der Waals surface area contributed by atoms with E-state index < -0.39 is 0 Å². The Bertz CT molecular complexity index is 622. The molecule has 1 aliphatic rings. The fourth-order valence-corrected chi connectivity index (χ4v) is 3.46. The van der Waals surface area contributed by atoms with Crippen LogP contribution in [0, 0.1) is 0 Å². The lowest BCUT2D eigenvalue weighted by atomic mass is 10.1. The van der Waals surface area contributed by atoms with Crippen molar-refractivity contribution in [2.24, 2.45) is 0 Å². The summed E-state index contributed by atoms with van der Waals surface area (Å²) in [5, 5.41) is 1.98. The van der Waals surface area contributed by atoms with Crippen molar-refractivity contribution in [2.45, 2.75) is 5.25 Å². The third kappa shape index (κ3) is 1.77. The highest BCUT2D eigenvalue weighted by Crippen LogP contribution is 2.50. The van der Waals surface area contributed by atoms with Crippen LogP contribution in [0.15, 0.2) is 30.3 Å². The van der Waals surface area contributed by atoms with Crippen molar-refractivity contribution >= 4 is 47.4 Å². The first kappa shape index (κ1) is 11.7. The molecule has 3 rings (SSSR count). The van der Waals surface area contributed by atoms with Gasteiger partial charge in [-0.3, -0.25) is 0 Å². The quantitative estimate of drug-likeness (QED) is 0.598. The van der Waals surface area contributed by atoms with Gasteiger partial charge in [-0.1, -0.05) is 40.9 Å². The molecule has 0 heterocycles.